The van der Waals surface area contributed by atoms with E-state index in [9.17, 15) is 0 Å². The molecule has 0 radical (unpaired) electrons. The third kappa shape index (κ3) is 4.03. The van der Waals surface area contributed by atoms with Gasteiger partial charge < -0.3 is 4.74 Å². The van der Waals surface area contributed by atoms with E-state index in [0.717, 1.165) is 38.5 Å². The molecular formula is C18H15ClN2OS. The fourth-order valence-electron chi connectivity index (χ4n) is 2.09. The summed E-state index contributed by atoms with van der Waals surface area (Å²) >= 11 is 7.75. The van der Waals surface area contributed by atoms with Crippen molar-refractivity contribution in [2.24, 2.45) is 0 Å². The van der Waals surface area contributed by atoms with Gasteiger partial charge in [0.25, 0.3) is 0 Å². The van der Waals surface area contributed by atoms with Crippen LogP contribution >= 0.6 is 23.4 Å². The fourth-order valence-corrected chi connectivity index (χ4v) is 3.21. The Labute approximate surface area is 144 Å². The van der Waals surface area contributed by atoms with Crippen LogP contribution in [-0.4, -0.2) is 17.1 Å². The Morgan fingerprint density at radius 1 is 1.04 bits per heavy atom. The molecule has 3 rings (SSSR count). The topological polar surface area (TPSA) is 35.0 Å². The van der Waals surface area contributed by atoms with Crippen molar-refractivity contribution >= 4 is 23.4 Å². The van der Waals surface area contributed by atoms with Crippen molar-refractivity contribution in [1.82, 2.24) is 9.97 Å². The summed E-state index contributed by atoms with van der Waals surface area (Å²) in [7, 11) is 1.66. The van der Waals surface area contributed by atoms with Crippen LogP contribution in [-0.2, 0) is 5.75 Å². The van der Waals surface area contributed by atoms with Crippen molar-refractivity contribution in [3.63, 3.8) is 0 Å². The summed E-state index contributed by atoms with van der Waals surface area (Å²) in [5.41, 5.74) is 3.01. The molecule has 3 nitrogen and oxygen atoms in total. The zero-order chi connectivity index (χ0) is 16.1. The quantitative estimate of drug-likeness (QED) is 0.477. The minimum Gasteiger partial charge on any atom is -0.497 e. The minimum atomic E-state index is 0.734. The summed E-state index contributed by atoms with van der Waals surface area (Å²) in [5, 5.41) is 1.50. The maximum Gasteiger partial charge on any atom is 0.188 e. The second-order valence-electron chi connectivity index (χ2n) is 4.83. The van der Waals surface area contributed by atoms with Crippen LogP contribution in [0.3, 0.4) is 0 Å². The second-order valence-corrected chi connectivity index (χ2v) is 6.18. The van der Waals surface area contributed by atoms with E-state index in [1.807, 2.05) is 54.6 Å². The van der Waals surface area contributed by atoms with E-state index in [1.54, 1.807) is 25.1 Å². The lowest BCUT2D eigenvalue weighted by Crippen LogP contribution is -1.91. The summed E-state index contributed by atoms with van der Waals surface area (Å²) < 4.78 is 5.18. The van der Waals surface area contributed by atoms with E-state index in [0.29, 0.717) is 0 Å². The first-order valence-electron chi connectivity index (χ1n) is 7.10. The number of halogens is 1. The molecule has 0 saturated heterocycles. The molecule has 1 aromatic heterocycles. The highest BCUT2D eigenvalue weighted by atomic mass is 35.5. The van der Waals surface area contributed by atoms with Crippen LogP contribution in [0.4, 0.5) is 0 Å². The van der Waals surface area contributed by atoms with Gasteiger partial charge in [-0.3, -0.25) is 0 Å². The van der Waals surface area contributed by atoms with Crippen LogP contribution in [0.2, 0.25) is 5.02 Å². The highest BCUT2D eigenvalue weighted by molar-refractivity contribution is 7.98. The molecule has 0 aliphatic rings. The average molecular weight is 343 g/mol. The Hall–Kier alpha value is -2.04. The highest BCUT2D eigenvalue weighted by Gasteiger charge is 2.05. The first-order chi connectivity index (χ1) is 11.3. The standard InChI is InChI=1S/C18H15ClN2OS/c1-22-15-8-6-13(7-9-15)17-10-11-20-18(21-17)23-12-14-4-2-3-5-16(14)19/h2-11H,12H2,1H3. The molecule has 0 aliphatic heterocycles. The molecule has 0 aliphatic carbocycles. The molecule has 0 bridgehead atoms. The maximum atomic E-state index is 6.18. The molecule has 0 spiro atoms. The van der Waals surface area contributed by atoms with E-state index in [2.05, 4.69) is 9.97 Å². The predicted molar refractivity (Wildman–Crippen MR) is 95.0 cm³/mol. The minimum absolute atomic E-state index is 0.734. The molecule has 23 heavy (non-hydrogen) atoms. The number of hydrogen-bond donors (Lipinski definition) is 0. The summed E-state index contributed by atoms with van der Waals surface area (Å²) in [6.07, 6.45) is 1.78. The molecule has 0 fully saturated rings. The number of nitrogens with zero attached hydrogens (tertiary/aromatic N) is 2. The largest absolute Gasteiger partial charge is 0.497 e. The molecular weight excluding hydrogens is 328 g/mol. The average Bonchev–Trinajstić information content (AvgIpc) is 2.61. The van der Waals surface area contributed by atoms with Crippen molar-refractivity contribution in [3.8, 4) is 17.0 Å². The van der Waals surface area contributed by atoms with Crippen LogP contribution in [0, 0.1) is 0 Å². The molecule has 0 unspecified atom stereocenters. The molecule has 2 aromatic carbocycles. The predicted octanol–water partition coefficient (Wildman–Crippen LogP) is 5.10. The Balaban J connectivity index is 1.75. The van der Waals surface area contributed by atoms with Gasteiger partial charge >= 0.3 is 0 Å². The SMILES string of the molecule is COc1ccc(-c2ccnc(SCc3ccccc3Cl)n2)cc1. The van der Waals surface area contributed by atoms with E-state index >= 15 is 0 Å². The van der Waals surface area contributed by atoms with Gasteiger partial charge in [0.15, 0.2) is 5.16 Å². The summed E-state index contributed by atoms with van der Waals surface area (Å²) in [5.74, 6) is 1.57. The number of benzene rings is 2. The number of aromatic nitrogens is 2. The molecule has 3 aromatic rings. The van der Waals surface area contributed by atoms with Crippen LogP contribution in [0.25, 0.3) is 11.3 Å². The van der Waals surface area contributed by atoms with Crippen molar-refractivity contribution in [1.29, 1.82) is 0 Å². The molecule has 1 heterocycles. The Morgan fingerprint density at radius 2 is 1.83 bits per heavy atom. The lowest BCUT2D eigenvalue weighted by atomic mass is 10.1. The molecule has 116 valence electrons. The van der Waals surface area contributed by atoms with Gasteiger partial charge in [0.2, 0.25) is 0 Å². The van der Waals surface area contributed by atoms with Gasteiger partial charge in [0, 0.05) is 22.5 Å². The van der Waals surface area contributed by atoms with Crippen LogP contribution in [0.5, 0.6) is 5.75 Å². The molecule has 0 amide bonds. The third-order valence-corrected chi connectivity index (χ3v) is 4.61. The van der Waals surface area contributed by atoms with Crippen molar-refractivity contribution in [2.75, 3.05) is 7.11 Å². The molecule has 0 N–H and O–H groups in total. The lowest BCUT2D eigenvalue weighted by Gasteiger charge is -2.06. The molecule has 0 saturated carbocycles. The zero-order valence-electron chi connectivity index (χ0n) is 12.6. The zero-order valence-corrected chi connectivity index (χ0v) is 14.1. The van der Waals surface area contributed by atoms with Gasteiger partial charge in [-0.25, -0.2) is 9.97 Å². The summed E-state index contributed by atoms with van der Waals surface area (Å²) in [6, 6.07) is 17.6. The molecule has 0 atom stereocenters. The fraction of sp³-hybridized carbons (Fsp3) is 0.111. The first kappa shape index (κ1) is 15.8. The monoisotopic (exact) mass is 342 g/mol. The van der Waals surface area contributed by atoms with Gasteiger partial charge in [-0.15, -0.1) is 0 Å². The van der Waals surface area contributed by atoms with E-state index in [-0.39, 0.29) is 0 Å². The Bertz CT molecular complexity index is 793. The van der Waals surface area contributed by atoms with E-state index < -0.39 is 0 Å². The normalized spacial score (nSPS) is 10.5. The number of hydrogen-bond acceptors (Lipinski definition) is 4. The number of ether oxygens (including phenoxy) is 1. The van der Waals surface area contributed by atoms with Crippen LogP contribution < -0.4 is 4.74 Å². The Kier molecular flexibility index (Phi) is 5.16. The maximum absolute atomic E-state index is 6.18. The second kappa shape index (κ2) is 7.49. The number of thioether (sulfide) groups is 1. The third-order valence-electron chi connectivity index (χ3n) is 3.33. The highest BCUT2D eigenvalue weighted by Crippen LogP contribution is 2.26. The van der Waals surface area contributed by atoms with E-state index in [1.165, 1.54) is 0 Å². The Morgan fingerprint density at radius 3 is 2.57 bits per heavy atom. The van der Waals surface area contributed by atoms with Gasteiger partial charge in [0.05, 0.1) is 12.8 Å². The number of rotatable bonds is 5. The lowest BCUT2D eigenvalue weighted by molar-refractivity contribution is 0.415. The van der Waals surface area contributed by atoms with Crippen molar-refractivity contribution in [3.05, 3.63) is 71.4 Å². The van der Waals surface area contributed by atoms with Gasteiger partial charge in [-0.2, -0.15) is 0 Å². The summed E-state index contributed by atoms with van der Waals surface area (Å²) in [6.45, 7) is 0. The van der Waals surface area contributed by atoms with Gasteiger partial charge in [-0.1, -0.05) is 41.6 Å². The molecule has 5 heteroatoms. The van der Waals surface area contributed by atoms with Crippen molar-refractivity contribution in [2.45, 2.75) is 10.9 Å². The smallest absolute Gasteiger partial charge is 0.188 e. The van der Waals surface area contributed by atoms with Gasteiger partial charge in [0.1, 0.15) is 5.75 Å². The van der Waals surface area contributed by atoms with Crippen LogP contribution in [0.15, 0.2) is 66.0 Å². The van der Waals surface area contributed by atoms with Crippen molar-refractivity contribution < 1.29 is 4.74 Å². The van der Waals surface area contributed by atoms with E-state index in [4.69, 9.17) is 16.3 Å². The van der Waals surface area contributed by atoms with Crippen LogP contribution in [0.1, 0.15) is 5.56 Å². The number of methoxy groups -OCH3 is 1. The first-order valence-corrected chi connectivity index (χ1v) is 8.46. The summed E-state index contributed by atoms with van der Waals surface area (Å²) in [4.78, 5) is 8.94. The van der Waals surface area contributed by atoms with Gasteiger partial charge in [-0.05, 0) is 42.0 Å².